The van der Waals surface area contributed by atoms with Crippen LogP contribution in [0.5, 0.6) is 11.5 Å². The number of hydrogen-bond donors (Lipinski definition) is 3. The summed E-state index contributed by atoms with van der Waals surface area (Å²) >= 11 is 0. The van der Waals surface area contributed by atoms with E-state index >= 15 is 0 Å². The smallest absolute Gasteiger partial charge is 0.253 e. The van der Waals surface area contributed by atoms with Gasteiger partial charge in [-0.05, 0) is 49.2 Å². The second-order valence-corrected chi connectivity index (χ2v) is 6.77. The normalized spacial score (nSPS) is 10.7. The average Bonchev–Trinajstić information content (AvgIpc) is 2.72. The van der Waals surface area contributed by atoms with Crippen LogP contribution in [-0.2, 0) is 13.0 Å². The van der Waals surface area contributed by atoms with E-state index in [-0.39, 0.29) is 35.6 Å². The SMILES string of the molecule is CCNC(=NCc1cc(OC)ccc1O)NCCc1cccc(C(=O)N(C)C)c1.I. The summed E-state index contributed by atoms with van der Waals surface area (Å²) in [5.41, 5.74) is 2.45. The summed E-state index contributed by atoms with van der Waals surface area (Å²) in [5.74, 6) is 1.52. The third kappa shape index (κ3) is 7.74. The molecule has 0 aromatic heterocycles. The van der Waals surface area contributed by atoms with E-state index in [9.17, 15) is 9.90 Å². The Morgan fingerprint density at radius 1 is 1.17 bits per heavy atom. The molecule has 0 bridgehead atoms. The summed E-state index contributed by atoms with van der Waals surface area (Å²) in [4.78, 5) is 18.2. The van der Waals surface area contributed by atoms with Crippen LogP contribution < -0.4 is 15.4 Å². The van der Waals surface area contributed by atoms with Crippen molar-refractivity contribution in [2.75, 3.05) is 34.3 Å². The zero-order valence-electron chi connectivity index (χ0n) is 17.9. The van der Waals surface area contributed by atoms with Crippen molar-refractivity contribution in [1.82, 2.24) is 15.5 Å². The molecule has 0 aliphatic heterocycles. The molecule has 0 fully saturated rings. The van der Waals surface area contributed by atoms with Crippen LogP contribution in [-0.4, -0.2) is 56.2 Å². The van der Waals surface area contributed by atoms with Gasteiger partial charge in [0.1, 0.15) is 11.5 Å². The minimum absolute atomic E-state index is 0. The first-order valence-electron chi connectivity index (χ1n) is 9.63. The van der Waals surface area contributed by atoms with E-state index in [2.05, 4.69) is 15.6 Å². The van der Waals surface area contributed by atoms with E-state index in [1.54, 1.807) is 44.3 Å². The molecule has 0 radical (unpaired) electrons. The van der Waals surface area contributed by atoms with Crippen molar-refractivity contribution in [3.05, 3.63) is 59.2 Å². The number of phenols is 1. The van der Waals surface area contributed by atoms with Gasteiger partial charge in [0, 0.05) is 38.3 Å². The molecule has 0 spiro atoms. The van der Waals surface area contributed by atoms with E-state index in [1.807, 2.05) is 31.2 Å². The maximum atomic E-state index is 12.1. The molecule has 0 heterocycles. The minimum Gasteiger partial charge on any atom is -0.508 e. The van der Waals surface area contributed by atoms with Gasteiger partial charge in [-0.3, -0.25) is 4.79 Å². The number of rotatable bonds is 8. The van der Waals surface area contributed by atoms with Crippen molar-refractivity contribution < 1.29 is 14.6 Å². The number of guanidine groups is 1. The number of aliphatic imine (C=N–C) groups is 1. The fourth-order valence-corrected chi connectivity index (χ4v) is 2.76. The molecule has 0 aliphatic carbocycles. The predicted octanol–water partition coefficient (Wildman–Crippen LogP) is 3.02. The van der Waals surface area contributed by atoms with Crippen molar-refractivity contribution in [2.24, 2.45) is 4.99 Å². The molecule has 8 heteroatoms. The second kappa shape index (κ2) is 12.9. The summed E-state index contributed by atoms with van der Waals surface area (Å²) in [7, 11) is 5.08. The lowest BCUT2D eigenvalue weighted by molar-refractivity contribution is 0.0827. The van der Waals surface area contributed by atoms with E-state index in [1.165, 1.54) is 0 Å². The third-order valence-corrected chi connectivity index (χ3v) is 4.32. The number of amides is 1. The molecular weight excluding hydrogens is 495 g/mol. The summed E-state index contributed by atoms with van der Waals surface area (Å²) in [6, 6.07) is 12.7. The lowest BCUT2D eigenvalue weighted by Gasteiger charge is -2.13. The standard InChI is InChI=1S/C22H30N4O3.HI/c1-5-23-22(25-15-18-14-19(29-4)9-10-20(18)27)24-12-11-16-7-6-8-17(13-16)21(28)26(2)3;/h6-10,13-14,27H,5,11-12,15H2,1-4H3,(H2,23,24,25);1H. The first-order valence-corrected chi connectivity index (χ1v) is 9.63. The molecule has 2 aromatic rings. The topological polar surface area (TPSA) is 86.2 Å². The van der Waals surface area contributed by atoms with E-state index in [0.29, 0.717) is 35.9 Å². The minimum atomic E-state index is -0.00666. The maximum Gasteiger partial charge on any atom is 0.253 e. The molecule has 30 heavy (non-hydrogen) atoms. The van der Waals surface area contributed by atoms with Gasteiger partial charge >= 0.3 is 0 Å². The van der Waals surface area contributed by atoms with Gasteiger partial charge in [0.05, 0.1) is 13.7 Å². The van der Waals surface area contributed by atoms with E-state index in [0.717, 1.165) is 18.5 Å². The fourth-order valence-electron chi connectivity index (χ4n) is 2.76. The van der Waals surface area contributed by atoms with Gasteiger partial charge in [-0.15, -0.1) is 24.0 Å². The number of carbonyl (C=O) groups is 1. The number of methoxy groups -OCH3 is 1. The highest BCUT2D eigenvalue weighted by molar-refractivity contribution is 14.0. The molecule has 2 aromatic carbocycles. The highest BCUT2D eigenvalue weighted by Crippen LogP contribution is 2.23. The number of carbonyl (C=O) groups excluding carboxylic acids is 1. The number of hydrogen-bond acceptors (Lipinski definition) is 4. The zero-order valence-corrected chi connectivity index (χ0v) is 20.3. The molecule has 2 rings (SSSR count). The molecule has 0 atom stereocenters. The Morgan fingerprint density at radius 2 is 1.93 bits per heavy atom. The molecule has 7 nitrogen and oxygen atoms in total. The van der Waals surface area contributed by atoms with Crippen molar-refractivity contribution >= 4 is 35.8 Å². The summed E-state index contributed by atoms with van der Waals surface area (Å²) in [5, 5.41) is 16.5. The van der Waals surface area contributed by atoms with Crippen LogP contribution in [0, 0.1) is 0 Å². The lowest BCUT2D eigenvalue weighted by Crippen LogP contribution is -2.38. The largest absolute Gasteiger partial charge is 0.508 e. The van der Waals surface area contributed by atoms with Crippen LogP contribution in [0.4, 0.5) is 0 Å². The van der Waals surface area contributed by atoms with Crippen LogP contribution in [0.15, 0.2) is 47.5 Å². The van der Waals surface area contributed by atoms with Gasteiger partial charge in [-0.25, -0.2) is 4.99 Å². The fraction of sp³-hybridized carbons (Fsp3) is 0.364. The van der Waals surface area contributed by atoms with Gasteiger partial charge in [0.15, 0.2) is 5.96 Å². The number of aromatic hydroxyl groups is 1. The molecule has 3 N–H and O–H groups in total. The van der Waals surface area contributed by atoms with Gasteiger partial charge in [0.2, 0.25) is 0 Å². The Labute approximate surface area is 195 Å². The van der Waals surface area contributed by atoms with Gasteiger partial charge in [-0.1, -0.05) is 12.1 Å². The van der Waals surface area contributed by atoms with Gasteiger partial charge in [-0.2, -0.15) is 0 Å². The maximum absolute atomic E-state index is 12.1. The molecule has 0 saturated heterocycles. The number of benzene rings is 2. The third-order valence-electron chi connectivity index (χ3n) is 4.32. The monoisotopic (exact) mass is 526 g/mol. The van der Waals surface area contributed by atoms with Crippen LogP contribution in [0.25, 0.3) is 0 Å². The van der Waals surface area contributed by atoms with Crippen LogP contribution in [0.3, 0.4) is 0 Å². The Morgan fingerprint density at radius 3 is 2.60 bits per heavy atom. The highest BCUT2D eigenvalue weighted by atomic mass is 127. The van der Waals surface area contributed by atoms with Gasteiger partial charge in [0.25, 0.3) is 5.91 Å². The predicted molar refractivity (Wildman–Crippen MR) is 131 cm³/mol. The molecule has 0 aliphatic rings. The Kier molecular flexibility index (Phi) is 11.0. The Bertz CT molecular complexity index is 856. The van der Waals surface area contributed by atoms with Crippen LogP contribution >= 0.6 is 24.0 Å². The summed E-state index contributed by atoms with van der Waals surface area (Å²) in [6.45, 7) is 3.71. The average molecular weight is 526 g/mol. The van der Waals surface area contributed by atoms with Crippen molar-refractivity contribution in [3.63, 3.8) is 0 Å². The highest BCUT2D eigenvalue weighted by Gasteiger charge is 2.08. The van der Waals surface area contributed by atoms with Crippen LogP contribution in [0.1, 0.15) is 28.4 Å². The molecule has 1 amide bonds. The Balaban J connectivity index is 0.00000450. The molecular formula is C22H31IN4O3. The summed E-state index contributed by atoms with van der Waals surface area (Å²) in [6.07, 6.45) is 0.753. The first kappa shape index (κ1) is 25.5. The molecule has 0 saturated carbocycles. The van der Waals surface area contributed by atoms with E-state index in [4.69, 9.17) is 4.74 Å². The number of halogens is 1. The van der Waals surface area contributed by atoms with Crippen molar-refractivity contribution in [1.29, 1.82) is 0 Å². The summed E-state index contributed by atoms with van der Waals surface area (Å²) < 4.78 is 5.20. The quantitative estimate of drug-likeness (QED) is 0.280. The number of phenolic OH excluding ortho intramolecular Hbond substituents is 1. The second-order valence-electron chi connectivity index (χ2n) is 6.77. The van der Waals surface area contributed by atoms with E-state index < -0.39 is 0 Å². The van der Waals surface area contributed by atoms with Crippen molar-refractivity contribution in [3.8, 4) is 11.5 Å². The van der Waals surface area contributed by atoms with Gasteiger partial charge < -0.3 is 25.4 Å². The Hall–Kier alpha value is -2.49. The van der Waals surface area contributed by atoms with Crippen LogP contribution in [0.2, 0.25) is 0 Å². The molecule has 0 unspecified atom stereocenters. The number of nitrogens with one attached hydrogen (secondary N) is 2. The first-order chi connectivity index (χ1) is 13.9. The lowest BCUT2D eigenvalue weighted by atomic mass is 10.1. The number of nitrogens with zero attached hydrogens (tertiary/aromatic N) is 2. The number of ether oxygens (including phenoxy) is 1. The van der Waals surface area contributed by atoms with Crippen molar-refractivity contribution in [2.45, 2.75) is 19.9 Å². The molecule has 164 valence electrons. The zero-order chi connectivity index (χ0) is 21.2.